The van der Waals surface area contributed by atoms with E-state index in [1.165, 1.54) is 0 Å². The molecule has 1 atom stereocenters. The number of hydrogen-bond donors (Lipinski definition) is 1. The average molecular weight is 210 g/mol. The van der Waals surface area contributed by atoms with Gasteiger partial charge >= 0.3 is 0 Å². The van der Waals surface area contributed by atoms with E-state index >= 15 is 0 Å². The predicted octanol–water partition coefficient (Wildman–Crippen LogP) is 3.03. The summed E-state index contributed by atoms with van der Waals surface area (Å²) in [6.45, 7) is 6.48. The molecule has 0 aliphatic carbocycles. The quantitative estimate of drug-likeness (QED) is 0.758. The molecule has 0 aromatic heterocycles. The highest BCUT2D eigenvalue weighted by Gasteiger charge is 2.19. The van der Waals surface area contributed by atoms with Crippen molar-refractivity contribution in [2.45, 2.75) is 13.3 Å². The standard InChI is InChI=1S/C12H16ClN/c1-3-12(2,9-14)8-10-6-4-5-7-11(10)13/h3-7H,1,8-9,14H2,2H3. The summed E-state index contributed by atoms with van der Waals surface area (Å²) in [6, 6.07) is 7.84. The van der Waals surface area contributed by atoms with Crippen molar-refractivity contribution in [1.29, 1.82) is 0 Å². The molecule has 2 heteroatoms. The van der Waals surface area contributed by atoms with Crippen LogP contribution in [-0.2, 0) is 6.42 Å². The van der Waals surface area contributed by atoms with Gasteiger partial charge in [0.05, 0.1) is 0 Å². The summed E-state index contributed by atoms with van der Waals surface area (Å²) in [5, 5.41) is 0.800. The maximum atomic E-state index is 6.07. The molecule has 0 spiro atoms. The molecule has 1 aromatic rings. The molecule has 1 unspecified atom stereocenters. The molecule has 2 N–H and O–H groups in total. The molecule has 0 saturated heterocycles. The Balaban J connectivity index is 2.87. The van der Waals surface area contributed by atoms with E-state index in [9.17, 15) is 0 Å². The highest BCUT2D eigenvalue weighted by atomic mass is 35.5. The van der Waals surface area contributed by atoms with E-state index in [-0.39, 0.29) is 5.41 Å². The molecular formula is C12H16ClN. The van der Waals surface area contributed by atoms with Crippen LogP contribution < -0.4 is 5.73 Å². The van der Waals surface area contributed by atoms with Gasteiger partial charge in [0.1, 0.15) is 0 Å². The zero-order valence-corrected chi connectivity index (χ0v) is 9.22. The molecule has 0 bridgehead atoms. The van der Waals surface area contributed by atoms with Crippen molar-refractivity contribution in [3.05, 3.63) is 47.5 Å². The van der Waals surface area contributed by atoms with Gasteiger partial charge in [-0.2, -0.15) is 0 Å². The lowest BCUT2D eigenvalue weighted by Crippen LogP contribution is -2.27. The normalized spacial score (nSPS) is 14.8. The van der Waals surface area contributed by atoms with Crippen molar-refractivity contribution in [3.63, 3.8) is 0 Å². The van der Waals surface area contributed by atoms with Crippen molar-refractivity contribution in [2.75, 3.05) is 6.54 Å². The second kappa shape index (κ2) is 4.63. The molecular weight excluding hydrogens is 194 g/mol. The lowest BCUT2D eigenvalue weighted by Gasteiger charge is -2.24. The van der Waals surface area contributed by atoms with Gasteiger partial charge in [0.2, 0.25) is 0 Å². The van der Waals surface area contributed by atoms with E-state index in [1.54, 1.807) is 0 Å². The summed E-state index contributed by atoms with van der Waals surface area (Å²) in [5.74, 6) is 0. The maximum absolute atomic E-state index is 6.07. The van der Waals surface area contributed by atoms with Crippen molar-refractivity contribution >= 4 is 11.6 Å². The van der Waals surface area contributed by atoms with Gasteiger partial charge in [-0.25, -0.2) is 0 Å². The molecule has 0 aliphatic heterocycles. The summed E-state index contributed by atoms with van der Waals surface area (Å²) < 4.78 is 0. The van der Waals surface area contributed by atoms with E-state index in [4.69, 9.17) is 17.3 Å². The summed E-state index contributed by atoms with van der Waals surface area (Å²) in [6.07, 6.45) is 2.74. The van der Waals surface area contributed by atoms with Gasteiger partial charge in [-0.3, -0.25) is 0 Å². The molecule has 0 fully saturated rings. The van der Waals surface area contributed by atoms with Crippen LogP contribution in [0, 0.1) is 5.41 Å². The van der Waals surface area contributed by atoms with Crippen molar-refractivity contribution in [2.24, 2.45) is 11.1 Å². The summed E-state index contributed by atoms with van der Waals surface area (Å²) in [5.41, 5.74) is 6.76. The van der Waals surface area contributed by atoms with Crippen LogP contribution >= 0.6 is 11.6 Å². The second-order valence-corrected chi connectivity index (χ2v) is 4.24. The van der Waals surface area contributed by atoms with E-state index < -0.39 is 0 Å². The zero-order valence-electron chi connectivity index (χ0n) is 8.46. The first kappa shape index (κ1) is 11.3. The second-order valence-electron chi connectivity index (χ2n) is 3.83. The van der Waals surface area contributed by atoms with Gasteiger partial charge < -0.3 is 5.73 Å². The molecule has 1 aromatic carbocycles. The van der Waals surface area contributed by atoms with Crippen LogP contribution in [0.4, 0.5) is 0 Å². The fourth-order valence-corrected chi connectivity index (χ4v) is 1.51. The Kier molecular flexibility index (Phi) is 3.73. The minimum Gasteiger partial charge on any atom is -0.330 e. The summed E-state index contributed by atoms with van der Waals surface area (Å²) in [4.78, 5) is 0. The molecule has 0 aliphatic rings. The van der Waals surface area contributed by atoms with Crippen LogP contribution in [0.15, 0.2) is 36.9 Å². The number of rotatable bonds is 4. The monoisotopic (exact) mass is 209 g/mol. The lowest BCUT2D eigenvalue weighted by atomic mass is 9.84. The zero-order chi connectivity index (χ0) is 10.6. The number of halogens is 1. The number of benzene rings is 1. The highest BCUT2D eigenvalue weighted by Crippen LogP contribution is 2.26. The molecule has 0 amide bonds. The third-order valence-electron chi connectivity index (χ3n) is 2.51. The third-order valence-corrected chi connectivity index (χ3v) is 2.88. The van der Waals surface area contributed by atoms with Gasteiger partial charge in [-0.15, -0.1) is 6.58 Å². The van der Waals surface area contributed by atoms with Gasteiger partial charge in [0.25, 0.3) is 0 Å². The Morgan fingerprint density at radius 1 is 1.50 bits per heavy atom. The first-order chi connectivity index (χ1) is 6.61. The van der Waals surface area contributed by atoms with E-state index in [0.29, 0.717) is 6.54 Å². The summed E-state index contributed by atoms with van der Waals surface area (Å²) >= 11 is 6.07. The fraction of sp³-hybridized carbons (Fsp3) is 0.333. The topological polar surface area (TPSA) is 26.0 Å². The van der Waals surface area contributed by atoms with Crippen molar-refractivity contribution in [1.82, 2.24) is 0 Å². The smallest absolute Gasteiger partial charge is 0.0438 e. The molecule has 0 radical (unpaired) electrons. The highest BCUT2D eigenvalue weighted by molar-refractivity contribution is 6.31. The van der Waals surface area contributed by atoms with E-state index in [0.717, 1.165) is 17.0 Å². The maximum Gasteiger partial charge on any atom is 0.0438 e. The first-order valence-electron chi connectivity index (χ1n) is 4.68. The Morgan fingerprint density at radius 3 is 2.64 bits per heavy atom. The Labute approximate surface area is 90.6 Å². The predicted molar refractivity (Wildman–Crippen MR) is 62.5 cm³/mol. The Hall–Kier alpha value is -0.790. The SMILES string of the molecule is C=CC(C)(CN)Cc1ccccc1Cl. The number of hydrogen-bond acceptors (Lipinski definition) is 1. The summed E-state index contributed by atoms with van der Waals surface area (Å²) in [7, 11) is 0. The minimum atomic E-state index is -0.0645. The van der Waals surface area contributed by atoms with Crippen molar-refractivity contribution in [3.8, 4) is 0 Å². The molecule has 1 nitrogen and oxygen atoms in total. The lowest BCUT2D eigenvalue weighted by molar-refractivity contribution is 0.439. The van der Waals surface area contributed by atoms with Gasteiger partial charge in [-0.1, -0.05) is 42.8 Å². The van der Waals surface area contributed by atoms with Gasteiger partial charge in [-0.05, 0) is 18.1 Å². The van der Waals surface area contributed by atoms with Gasteiger partial charge in [0, 0.05) is 17.0 Å². The van der Waals surface area contributed by atoms with Crippen LogP contribution in [0.2, 0.25) is 5.02 Å². The van der Waals surface area contributed by atoms with Crippen LogP contribution in [0.25, 0.3) is 0 Å². The van der Waals surface area contributed by atoms with Crippen LogP contribution in [0.3, 0.4) is 0 Å². The molecule has 0 saturated carbocycles. The third kappa shape index (κ3) is 2.60. The number of nitrogens with two attached hydrogens (primary N) is 1. The first-order valence-corrected chi connectivity index (χ1v) is 5.06. The van der Waals surface area contributed by atoms with E-state index in [2.05, 4.69) is 13.5 Å². The van der Waals surface area contributed by atoms with Crippen LogP contribution in [0.5, 0.6) is 0 Å². The largest absolute Gasteiger partial charge is 0.330 e. The minimum absolute atomic E-state index is 0.0645. The fourth-order valence-electron chi connectivity index (χ4n) is 1.30. The van der Waals surface area contributed by atoms with Crippen LogP contribution in [0.1, 0.15) is 12.5 Å². The average Bonchev–Trinajstić information content (AvgIpc) is 2.21. The molecule has 14 heavy (non-hydrogen) atoms. The Bertz CT molecular complexity index is 322. The molecule has 76 valence electrons. The Morgan fingerprint density at radius 2 is 2.14 bits per heavy atom. The van der Waals surface area contributed by atoms with Crippen LogP contribution in [-0.4, -0.2) is 6.54 Å². The van der Waals surface area contributed by atoms with Crippen molar-refractivity contribution < 1.29 is 0 Å². The molecule has 1 rings (SSSR count). The van der Waals surface area contributed by atoms with E-state index in [1.807, 2.05) is 30.3 Å². The molecule has 0 heterocycles. The van der Waals surface area contributed by atoms with Gasteiger partial charge in [0.15, 0.2) is 0 Å².